The van der Waals surface area contributed by atoms with Gasteiger partial charge in [0.2, 0.25) is 0 Å². The molecule has 1 aromatic carbocycles. The number of benzene rings is 1. The largest absolute Gasteiger partial charge is 0.366 e. The van der Waals surface area contributed by atoms with Crippen LogP contribution in [0.1, 0.15) is 22.3 Å². The zero-order valence-corrected chi connectivity index (χ0v) is 15.0. The van der Waals surface area contributed by atoms with Crippen molar-refractivity contribution in [2.24, 2.45) is 0 Å². The van der Waals surface area contributed by atoms with Crippen molar-refractivity contribution < 1.29 is 13.2 Å². The molecule has 1 aliphatic heterocycles. The lowest BCUT2D eigenvalue weighted by Crippen LogP contribution is -2.35. The number of nitrogens with one attached hydrogen (secondary N) is 2. The van der Waals surface area contributed by atoms with Gasteiger partial charge in [0, 0.05) is 23.8 Å². The van der Waals surface area contributed by atoms with E-state index in [4.69, 9.17) is 11.6 Å². The summed E-state index contributed by atoms with van der Waals surface area (Å²) in [5.74, 6) is 0.442. The van der Waals surface area contributed by atoms with Crippen LogP contribution in [-0.2, 0) is 16.4 Å². The first-order chi connectivity index (χ1) is 11.9. The molecule has 1 aliphatic rings. The highest BCUT2D eigenvalue weighted by Crippen LogP contribution is 2.17. The maximum Gasteiger partial charge on any atom is 0.253 e. The van der Waals surface area contributed by atoms with E-state index >= 15 is 0 Å². The number of sulfone groups is 1. The summed E-state index contributed by atoms with van der Waals surface area (Å²) >= 11 is 6.10. The average Bonchev–Trinajstić information content (AvgIpc) is 2.93. The van der Waals surface area contributed by atoms with Gasteiger partial charge in [0.25, 0.3) is 5.91 Å². The summed E-state index contributed by atoms with van der Waals surface area (Å²) < 4.78 is 22.9. The van der Waals surface area contributed by atoms with E-state index in [-0.39, 0.29) is 23.5 Å². The molecule has 1 fully saturated rings. The molecular formula is C17H18ClN3O3S. The molecule has 2 heterocycles. The second-order valence-electron chi connectivity index (χ2n) is 5.95. The molecule has 25 heavy (non-hydrogen) atoms. The Bertz CT molecular complexity index is 869. The number of halogens is 1. The van der Waals surface area contributed by atoms with E-state index < -0.39 is 9.84 Å². The fourth-order valence-electron chi connectivity index (χ4n) is 2.64. The Morgan fingerprint density at radius 1 is 1.24 bits per heavy atom. The van der Waals surface area contributed by atoms with Crippen LogP contribution in [0.25, 0.3) is 0 Å². The first-order valence-corrected chi connectivity index (χ1v) is 10.1. The molecule has 3 rings (SSSR count). The first kappa shape index (κ1) is 17.7. The van der Waals surface area contributed by atoms with Crippen LogP contribution < -0.4 is 10.6 Å². The van der Waals surface area contributed by atoms with Crippen molar-refractivity contribution in [3.05, 3.63) is 58.7 Å². The number of hydrogen-bond acceptors (Lipinski definition) is 5. The monoisotopic (exact) mass is 379 g/mol. The van der Waals surface area contributed by atoms with Crippen molar-refractivity contribution in [3.8, 4) is 0 Å². The van der Waals surface area contributed by atoms with Crippen LogP contribution in [0.4, 0.5) is 5.82 Å². The van der Waals surface area contributed by atoms with E-state index in [0.717, 1.165) is 5.56 Å². The first-order valence-electron chi connectivity index (χ1n) is 7.87. The highest BCUT2D eigenvalue weighted by molar-refractivity contribution is 7.91. The van der Waals surface area contributed by atoms with Gasteiger partial charge >= 0.3 is 0 Å². The Kier molecular flexibility index (Phi) is 5.24. The van der Waals surface area contributed by atoms with Gasteiger partial charge in [-0.1, -0.05) is 29.8 Å². The maximum absolute atomic E-state index is 12.2. The number of amides is 1. The minimum Gasteiger partial charge on any atom is -0.366 e. The molecule has 0 aliphatic carbocycles. The molecule has 1 saturated heterocycles. The summed E-state index contributed by atoms with van der Waals surface area (Å²) in [5.41, 5.74) is 1.35. The number of carbonyl (C=O) groups excluding carboxylic acids is 1. The van der Waals surface area contributed by atoms with Crippen LogP contribution in [-0.4, -0.2) is 36.9 Å². The molecule has 6 nitrogen and oxygen atoms in total. The quantitative estimate of drug-likeness (QED) is 0.831. The van der Waals surface area contributed by atoms with Crippen LogP contribution in [0, 0.1) is 0 Å². The molecule has 0 spiro atoms. The van der Waals surface area contributed by atoms with Gasteiger partial charge in [-0.3, -0.25) is 4.79 Å². The topological polar surface area (TPSA) is 88.2 Å². The maximum atomic E-state index is 12.2. The Morgan fingerprint density at radius 3 is 2.68 bits per heavy atom. The summed E-state index contributed by atoms with van der Waals surface area (Å²) in [7, 11) is -3.02. The van der Waals surface area contributed by atoms with E-state index in [9.17, 15) is 13.2 Å². The van der Waals surface area contributed by atoms with Crippen molar-refractivity contribution >= 4 is 33.2 Å². The lowest BCUT2D eigenvalue weighted by atomic mass is 10.2. The summed E-state index contributed by atoms with van der Waals surface area (Å²) in [4.78, 5) is 16.4. The Balaban J connectivity index is 1.56. The van der Waals surface area contributed by atoms with Gasteiger partial charge in [0.15, 0.2) is 9.84 Å². The van der Waals surface area contributed by atoms with Gasteiger partial charge in [0.1, 0.15) is 5.82 Å². The van der Waals surface area contributed by atoms with E-state index in [0.29, 0.717) is 29.4 Å². The highest BCUT2D eigenvalue weighted by atomic mass is 35.5. The Labute approximate surface area is 151 Å². The van der Waals surface area contributed by atoms with Gasteiger partial charge in [-0.25, -0.2) is 13.4 Å². The molecule has 2 aromatic rings. The smallest absolute Gasteiger partial charge is 0.253 e. The average molecular weight is 380 g/mol. The standard InChI is InChI=1S/C17H18ClN3O3S/c18-15-4-2-1-3-12(15)9-19-16-6-5-13(10-20-16)17(22)21-14-7-8-25(23,24)11-14/h1-6,10,14H,7-9,11H2,(H,19,20)(H,21,22). The van der Waals surface area contributed by atoms with Gasteiger partial charge in [0.05, 0.1) is 17.1 Å². The second-order valence-corrected chi connectivity index (χ2v) is 8.59. The van der Waals surface area contributed by atoms with E-state index in [1.165, 1.54) is 6.20 Å². The molecule has 132 valence electrons. The van der Waals surface area contributed by atoms with Gasteiger partial charge < -0.3 is 10.6 Å². The van der Waals surface area contributed by atoms with Crippen LogP contribution in [0.5, 0.6) is 0 Å². The van der Waals surface area contributed by atoms with Crippen molar-refractivity contribution in [3.63, 3.8) is 0 Å². The number of aromatic nitrogens is 1. The molecule has 0 bridgehead atoms. The van der Waals surface area contributed by atoms with Crippen LogP contribution in [0.15, 0.2) is 42.6 Å². The van der Waals surface area contributed by atoms with Crippen LogP contribution in [0.2, 0.25) is 5.02 Å². The number of rotatable bonds is 5. The summed E-state index contributed by atoms with van der Waals surface area (Å²) in [6, 6.07) is 10.6. The third-order valence-corrected chi connectivity index (χ3v) is 6.15. The summed E-state index contributed by atoms with van der Waals surface area (Å²) in [6.45, 7) is 0.526. The SMILES string of the molecule is O=C(NC1CCS(=O)(=O)C1)c1ccc(NCc2ccccc2Cl)nc1. The minimum atomic E-state index is -3.02. The molecule has 1 amide bonds. The number of anilines is 1. The zero-order valence-electron chi connectivity index (χ0n) is 13.4. The number of pyridine rings is 1. The third kappa shape index (κ3) is 4.70. The van der Waals surface area contributed by atoms with E-state index in [1.807, 2.05) is 24.3 Å². The van der Waals surface area contributed by atoms with Crippen molar-refractivity contribution in [2.45, 2.75) is 19.0 Å². The fraction of sp³-hybridized carbons (Fsp3) is 0.294. The van der Waals surface area contributed by atoms with E-state index in [2.05, 4.69) is 15.6 Å². The van der Waals surface area contributed by atoms with Gasteiger partial charge in [-0.2, -0.15) is 0 Å². The second kappa shape index (κ2) is 7.41. The lowest BCUT2D eigenvalue weighted by Gasteiger charge is -2.11. The molecule has 0 radical (unpaired) electrons. The molecule has 8 heteroatoms. The Hall–Kier alpha value is -2.12. The van der Waals surface area contributed by atoms with Crippen LogP contribution >= 0.6 is 11.6 Å². The van der Waals surface area contributed by atoms with Crippen molar-refractivity contribution in [1.29, 1.82) is 0 Å². The molecule has 1 unspecified atom stereocenters. The lowest BCUT2D eigenvalue weighted by molar-refractivity contribution is 0.0941. The van der Waals surface area contributed by atoms with Gasteiger partial charge in [-0.05, 0) is 30.2 Å². The predicted octanol–water partition coefficient (Wildman–Crippen LogP) is 2.26. The third-order valence-electron chi connectivity index (χ3n) is 4.01. The highest BCUT2D eigenvalue weighted by Gasteiger charge is 2.29. The molecule has 0 saturated carbocycles. The van der Waals surface area contributed by atoms with Crippen molar-refractivity contribution in [2.75, 3.05) is 16.8 Å². The van der Waals surface area contributed by atoms with Gasteiger partial charge in [-0.15, -0.1) is 0 Å². The predicted molar refractivity (Wildman–Crippen MR) is 97.5 cm³/mol. The number of hydrogen-bond donors (Lipinski definition) is 2. The minimum absolute atomic E-state index is 0.00361. The zero-order chi connectivity index (χ0) is 17.9. The molecule has 1 atom stereocenters. The van der Waals surface area contributed by atoms with Crippen LogP contribution in [0.3, 0.4) is 0 Å². The molecular weight excluding hydrogens is 362 g/mol. The number of nitrogens with zero attached hydrogens (tertiary/aromatic N) is 1. The number of carbonyl (C=O) groups is 1. The Morgan fingerprint density at radius 2 is 2.04 bits per heavy atom. The fourth-order valence-corrected chi connectivity index (χ4v) is 4.51. The van der Waals surface area contributed by atoms with Crippen molar-refractivity contribution in [1.82, 2.24) is 10.3 Å². The van der Waals surface area contributed by atoms with E-state index in [1.54, 1.807) is 12.1 Å². The normalized spacial score (nSPS) is 18.7. The summed E-state index contributed by atoms with van der Waals surface area (Å²) in [5, 5.41) is 6.56. The molecule has 2 N–H and O–H groups in total. The molecule has 1 aromatic heterocycles. The summed E-state index contributed by atoms with van der Waals surface area (Å²) in [6.07, 6.45) is 1.92.